The topological polar surface area (TPSA) is 588 Å². The molecule has 764 valence electrons. The highest BCUT2D eigenvalue weighted by atomic mass is 16.6. The number of amides is 9. The second-order valence-electron chi connectivity index (χ2n) is 35.2. The van der Waals surface area contributed by atoms with E-state index in [1.54, 1.807) is 70.3 Å². The average Bonchev–Trinajstić information content (AvgIpc) is 1.51. The number of phenols is 2. The Kier molecular flexibility index (Phi) is 37.1. The van der Waals surface area contributed by atoms with Crippen LogP contribution in [0.4, 0.5) is 0 Å². The summed E-state index contributed by atoms with van der Waals surface area (Å²) in [6.07, 6.45) is 20.6. The van der Waals surface area contributed by atoms with Gasteiger partial charge in [-0.1, -0.05) is 38.0 Å². The summed E-state index contributed by atoms with van der Waals surface area (Å²) in [4.78, 5) is 216. The quantitative estimate of drug-likeness (QED) is 0.00414. The van der Waals surface area contributed by atoms with E-state index >= 15 is 0 Å². The van der Waals surface area contributed by atoms with Gasteiger partial charge in [-0.25, -0.2) is 24.2 Å². The van der Waals surface area contributed by atoms with Crippen LogP contribution in [0.5, 0.6) is 11.5 Å². The van der Waals surface area contributed by atoms with E-state index in [0.717, 1.165) is 71.6 Å². The van der Waals surface area contributed by atoms with Crippen molar-refractivity contribution < 1.29 is 125 Å². The molecule has 11 heterocycles. The van der Waals surface area contributed by atoms with Gasteiger partial charge in [0.25, 0.3) is 34.7 Å². The number of phenolic OH excluding ortho intramolecular Hbond substituents is 2. The van der Waals surface area contributed by atoms with Gasteiger partial charge in [0.1, 0.15) is 75.7 Å². The van der Waals surface area contributed by atoms with Gasteiger partial charge in [-0.05, 0) is 154 Å². The maximum atomic E-state index is 14.0. The van der Waals surface area contributed by atoms with Gasteiger partial charge in [0.2, 0.25) is 40.7 Å². The first-order valence-corrected chi connectivity index (χ1v) is 47.9. The number of cyclic esters (lactones) is 2. The summed E-state index contributed by atoms with van der Waals surface area (Å²) in [5.74, 6) is -3.69. The van der Waals surface area contributed by atoms with Crippen molar-refractivity contribution in [1.29, 1.82) is 0 Å². The number of ether oxygens (including phenoxy) is 10. The van der Waals surface area contributed by atoms with Crippen LogP contribution in [-0.2, 0) is 178 Å². The zero-order chi connectivity index (χ0) is 103. The lowest BCUT2D eigenvalue weighted by atomic mass is 9.79. The first-order chi connectivity index (χ1) is 69.5. The second kappa shape index (κ2) is 50.2. The molecule has 7 aromatic rings. The molecule has 45 nitrogen and oxygen atoms in total. The Morgan fingerprint density at radius 2 is 0.965 bits per heavy atom. The number of azide groups is 1. The minimum Gasteiger partial charge on any atom is -0.508 e. The molecule has 45 heteroatoms. The highest BCUT2D eigenvalue weighted by Crippen LogP contribution is 2.46. The molecule has 2 aliphatic carbocycles. The minimum atomic E-state index is -1.98. The van der Waals surface area contributed by atoms with Crippen LogP contribution < -0.4 is 37.7 Å². The molecule has 0 unspecified atom stereocenters. The Labute approximate surface area is 825 Å². The number of nitrogens with zero attached hydrogens (tertiary/aromatic N) is 12. The molecule has 0 spiro atoms. The molecule has 15 rings (SSSR count). The molecule has 2 saturated carbocycles. The van der Waals surface area contributed by atoms with Crippen LogP contribution in [0.2, 0.25) is 0 Å². The number of hydrogen-bond acceptors (Lipinski definition) is 33. The normalized spacial score (nSPS) is 18.7. The first-order valence-electron chi connectivity index (χ1n) is 47.9. The molecule has 144 heavy (non-hydrogen) atoms. The molecule has 0 radical (unpaired) electrons. The molecule has 0 bridgehead atoms. The fraction of sp³-hybridized carbons (Fsp3) is 0.495. The van der Waals surface area contributed by atoms with Crippen molar-refractivity contribution >= 4 is 105 Å². The fourth-order valence-corrected chi connectivity index (χ4v) is 18.6. The molecule has 2 atom stereocenters. The standard InChI is InChI=1S/C49H57N9O14.C34H39N7O11.C16H19NO3/c1-3-33-34-19-32(59)9-10-38(34)53-45-35(33)25-57-39(45)20-37-36(47(57)66)26-71-48(67)49(37,4-2)72-44(64)22-51-41(61)28-70-27-40(60)50-13-15-68-17-18-69-16-14-56-24-31(54-55-56)21-52-46(65)30-7-5-29(6-8-30)23-58-42(62)11-12-43(58)63;1-3-21-22-13-20(42)5-6-26(22)39-31-23(21)16-41-27(31)14-25-24(32(41)46)17-51-33(47)34(25,4-2)52-30(45)15-37-29(44)19-50-18-28(43)36-7-9-48-11-12-49-10-8-38-40-35;1-2-3-4-14(18)13-7-5-12(6-8-13)11-17-15(19)9-10-16(17)20/h9-12,19-20,24,29-30,59H,3-8,13-18,21-23,25-28H2,1-2H3,(H,50,60)(H,51,61)(H,52,65);5-6,13-14,42H,3-4,7-12,15-19H2,1-2H3,(H,36,43)(H,37,44);1,9-10,12-13H,3-8,11H2/t29?,30?,49-;34-;/m00./s1. The van der Waals surface area contributed by atoms with E-state index in [9.17, 15) is 86.9 Å². The van der Waals surface area contributed by atoms with E-state index in [4.69, 9.17) is 69.3 Å². The van der Waals surface area contributed by atoms with Crippen LogP contribution in [0, 0.1) is 36.0 Å². The lowest BCUT2D eigenvalue weighted by Gasteiger charge is -2.35. The van der Waals surface area contributed by atoms with Crippen LogP contribution in [0.1, 0.15) is 155 Å². The van der Waals surface area contributed by atoms with E-state index < -0.39 is 109 Å². The van der Waals surface area contributed by atoms with E-state index in [1.165, 1.54) is 46.2 Å². The summed E-state index contributed by atoms with van der Waals surface area (Å²) in [5, 5.41) is 46.2. The highest BCUT2D eigenvalue weighted by Gasteiger charge is 2.53. The number of carbonyl (C=O) groups is 14. The summed E-state index contributed by atoms with van der Waals surface area (Å²) >= 11 is 0. The predicted octanol–water partition coefficient (Wildman–Crippen LogP) is 4.01. The summed E-state index contributed by atoms with van der Waals surface area (Å²) in [5.41, 5.74) is 11.5. The van der Waals surface area contributed by atoms with Crippen LogP contribution in [0.25, 0.3) is 55.0 Å². The minimum absolute atomic E-state index is 0.0566. The Hall–Kier alpha value is -14.8. The number of fused-ring (bicyclic) bond motifs is 10. The predicted molar refractivity (Wildman–Crippen MR) is 507 cm³/mol. The molecule has 2 fully saturated rings. The monoisotopic (exact) mass is 1990 g/mol. The Morgan fingerprint density at radius 3 is 1.40 bits per heavy atom. The fourth-order valence-electron chi connectivity index (χ4n) is 18.6. The third-order valence-corrected chi connectivity index (χ3v) is 26.1. The summed E-state index contributed by atoms with van der Waals surface area (Å²) < 4.78 is 58.9. The van der Waals surface area contributed by atoms with Crippen molar-refractivity contribution in [2.24, 2.45) is 28.8 Å². The number of Topliss-reactive ketones (excluding diaryl/α,β-unsaturated/α-hetero) is 1. The number of hydrogen-bond donors (Lipinski definition) is 7. The van der Waals surface area contributed by atoms with Crippen molar-refractivity contribution in [3.63, 3.8) is 0 Å². The Balaban J connectivity index is 0.000000209. The van der Waals surface area contributed by atoms with Crippen molar-refractivity contribution in [3.8, 4) is 46.6 Å². The molecule has 0 saturated heterocycles. The van der Waals surface area contributed by atoms with Gasteiger partial charge in [0.15, 0.2) is 0 Å². The number of pyridine rings is 4. The number of aromatic nitrogens is 7. The van der Waals surface area contributed by atoms with Gasteiger partial charge in [-0.15, -0.1) is 17.4 Å². The molecule has 9 amide bonds. The number of aryl methyl sites for hydroxylation is 2. The lowest BCUT2D eigenvalue weighted by Crippen LogP contribution is -2.49. The van der Waals surface area contributed by atoms with Crippen molar-refractivity contribution in [2.45, 2.75) is 168 Å². The lowest BCUT2D eigenvalue weighted by molar-refractivity contribution is -0.189. The van der Waals surface area contributed by atoms with Gasteiger partial charge in [0.05, 0.1) is 130 Å². The van der Waals surface area contributed by atoms with Crippen molar-refractivity contribution in [1.82, 2.24) is 70.5 Å². The number of ketones is 1. The van der Waals surface area contributed by atoms with E-state index in [0.29, 0.717) is 117 Å². The van der Waals surface area contributed by atoms with E-state index in [1.807, 2.05) is 13.8 Å². The Morgan fingerprint density at radius 1 is 0.535 bits per heavy atom. The third kappa shape index (κ3) is 26.0. The van der Waals surface area contributed by atoms with E-state index in [-0.39, 0.29) is 192 Å². The molecule has 6 aliphatic heterocycles. The number of terminal acetylenes is 1. The summed E-state index contributed by atoms with van der Waals surface area (Å²) in [6, 6.07) is 13.0. The third-order valence-electron chi connectivity index (χ3n) is 26.1. The zero-order valence-electron chi connectivity index (χ0n) is 80.3. The average molecular weight is 1990 g/mol. The molecule has 5 aromatic heterocycles. The van der Waals surface area contributed by atoms with Crippen LogP contribution in [0.3, 0.4) is 0 Å². The second-order valence-corrected chi connectivity index (χ2v) is 35.2. The van der Waals surface area contributed by atoms with Crippen LogP contribution >= 0.6 is 0 Å². The Bertz CT molecular complexity index is 6320. The number of carbonyl (C=O) groups excluding carboxylic acids is 14. The van der Waals surface area contributed by atoms with Gasteiger partial charge in [-0.2, -0.15) is 0 Å². The van der Waals surface area contributed by atoms with E-state index in [2.05, 4.69) is 52.8 Å². The maximum Gasteiger partial charge on any atom is 0.355 e. The summed E-state index contributed by atoms with van der Waals surface area (Å²) in [6.45, 7) is 8.10. The van der Waals surface area contributed by atoms with Crippen molar-refractivity contribution in [3.05, 3.63) is 160 Å². The largest absolute Gasteiger partial charge is 0.508 e. The molecule has 7 N–H and O–H groups in total. The SMILES string of the molecule is C#CCCC(=O)C1CCC(CN2C(=O)C=CC2=O)CC1.CCc1c2c(nc3ccc(O)cc13)-c1cc3c(c(=O)n1C2)COC(=O)[C@@]3(CC)OC(=O)CNC(=O)COCC(=O)NCCOCCOCCN=[N+]=[N-].CCc1c2c(nc3ccc(O)cc13)-c1cc3c(c(=O)n1C2)COC(=O)[C@@]3(CC)OC(=O)CNC(=O)COCC(=O)NCCOCCOCCn1cc(CNC(=O)C2CCC(CN3C(=O)C=CC3=O)CC2)nn1. The highest BCUT2D eigenvalue weighted by molar-refractivity contribution is 6.13. The molecule has 2 aromatic carbocycles. The number of rotatable bonds is 46. The van der Waals surface area contributed by atoms with Crippen molar-refractivity contribution in [2.75, 3.05) is 125 Å². The molecular formula is C99H115N17O28. The van der Waals surface area contributed by atoms with Gasteiger partial charge < -0.3 is 93.3 Å². The number of nitrogens with one attached hydrogen (secondary N) is 5. The number of aromatic hydroxyl groups is 2. The molecule has 8 aliphatic rings. The van der Waals surface area contributed by atoms with Gasteiger partial charge >= 0.3 is 23.9 Å². The van der Waals surface area contributed by atoms with Gasteiger partial charge in [0, 0.05) is 120 Å². The van der Waals surface area contributed by atoms with Crippen LogP contribution in [-0.4, -0.2) is 262 Å². The zero-order valence-corrected chi connectivity index (χ0v) is 80.3. The first kappa shape index (κ1) is 106. The number of imide groups is 2. The number of benzene rings is 2. The smallest absolute Gasteiger partial charge is 0.355 e. The summed E-state index contributed by atoms with van der Waals surface area (Å²) in [7, 11) is 0. The molecular weight excluding hydrogens is 1880 g/mol. The maximum absolute atomic E-state index is 14.0. The number of esters is 4. The van der Waals surface area contributed by atoms with Gasteiger partial charge in [-0.3, -0.25) is 76.9 Å². The van der Waals surface area contributed by atoms with Crippen LogP contribution in [0.15, 0.2) is 93.7 Å².